The molecule has 4 atom stereocenters. The minimum absolute atomic E-state index is 0.248. The number of hydrogen-bond donors (Lipinski definition) is 2. The first-order chi connectivity index (χ1) is 12.9. The normalized spacial score (nSPS) is 24.6. The van der Waals surface area contributed by atoms with E-state index in [4.69, 9.17) is 4.74 Å². The highest BCUT2D eigenvalue weighted by Crippen LogP contribution is 2.31. The van der Waals surface area contributed by atoms with Gasteiger partial charge in [-0.2, -0.15) is 0 Å². The summed E-state index contributed by atoms with van der Waals surface area (Å²) in [6.45, 7) is 1.08. The highest BCUT2D eigenvalue weighted by molar-refractivity contribution is 5.89. The number of aromatic amines is 1. The molecule has 0 radical (unpaired) electrons. The molecule has 1 aliphatic carbocycles. The molecule has 27 heavy (non-hydrogen) atoms. The van der Waals surface area contributed by atoms with Crippen molar-refractivity contribution in [3.8, 4) is 0 Å². The predicted octanol–water partition coefficient (Wildman–Crippen LogP) is 1.13. The molecule has 2 unspecified atom stereocenters. The smallest absolute Gasteiger partial charge is 0.338 e. The number of rotatable bonds is 4. The summed E-state index contributed by atoms with van der Waals surface area (Å²) in [4.78, 5) is 38.1. The molecule has 0 saturated carbocycles. The number of nitrogens with zero attached hydrogens (tertiary/aromatic N) is 1. The van der Waals surface area contributed by atoms with Gasteiger partial charge in [0.2, 0.25) is 0 Å². The average Bonchev–Trinajstić information content (AvgIpc) is 2.67. The van der Waals surface area contributed by atoms with Gasteiger partial charge in [0.1, 0.15) is 6.10 Å². The maximum Gasteiger partial charge on any atom is 0.338 e. The maximum atomic E-state index is 15.2. The number of aliphatic hydroxyl groups is 1. The molecule has 1 aliphatic rings. The van der Waals surface area contributed by atoms with Crippen LogP contribution in [-0.4, -0.2) is 39.5 Å². The van der Waals surface area contributed by atoms with Crippen molar-refractivity contribution in [2.24, 2.45) is 5.92 Å². The first-order valence-electron chi connectivity index (χ1n) is 8.43. The summed E-state index contributed by atoms with van der Waals surface area (Å²) in [5, 5.41) is 9.53. The third-order valence-electron chi connectivity index (χ3n) is 4.55. The van der Waals surface area contributed by atoms with Gasteiger partial charge in [-0.3, -0.25) is 14.3 Å². The van der Waals surface area contributed by atoms with E-state index in [1.54, 1.807) is 18.2 Å². The number of halogens is 1. The van der Waals surface area contributed by atoms with Gasteiger partial charge in [0.25, 0.3) is 5.56 Å². The number of aryl methyl sites for hydroxylation is 1. The van der Waals surface area contributed by atoms with Gasteiger partial charge in [0, 0.05) is 17.7 Å². The number of aliphatic hydroxyl groups excluding tert-OH is 1. The molecule has 7 nitrogen and oxygen atoms in total. The summed E-state index contributed by atoms with van der Waals surface area (Å²) in [6.07, 6.45) is 1.13. The number of benzene rings is 1. The van der Waals surface area contributed by atoms with Crippen LogP contribution in [0.3, 0.4) is 0 Å². The van der Waals surface area contributed by atoms with Crippen molar-refractivity contribution in [1.29, 1.82) is 0 Å². The first kappa shape index (κ1) is 18.8. The van der Waals surface area contributed by atoms with Crippen molar-refractivity contribution < 1.29 is 19.0 Å². The highest BCUT2D eigenvalue weighted by Gasteiger charge is 2.40. The molecule has 0 aliphatic heterocycles. The molecule has 0 saturated heterocycles. The molecule has 0 bridgehead atoms. The van der Waals surface area contributed by atoms with Crippen molar-refractivity contribution in [2.45, 2.75) is 25.2 Å². The summed E-state index contributed by atoms with van der Waals surface area (Å²) in [5.74, 6) is -1.47. The summed E-state index contributed by atoms with van der Waals surface area (Å²) in [5.41, 5.74) is -0.813. The molecule has 2 aromatic rings. The lowest BCUT2D eigenvalue weighted by Gasteiger charge is -2.34. The zero-order chi connectivity index (χ0) is 19.6. The largest absolute Gasteiger partial charge is 0.455 e. The monoisotopic (exact) mass is 374 g/mol. The third-order valence-corrected chi connectivity index (χ3v) is 4.55. The number of ether oxygens (including phenoxy) is 1. The van der Waals surface area contributed by atoms with Gasteiger partial charge in [-0.25, -0.2) is 14.0 Å². The molecule has 8 heteroatoms. The summed E-state index contributed by atoms with van der Waals surface area (Å²) in [7, 11) is 0. The van der Waals surface area contributed by atoms with Crippen LogP contribution in [0.25, 0.3) is 0 Å². The number of aromatic nitrogens is 2. The predicted molar refractivity (Wildman–Crippen MR) is 95.4 cm³/mol. The molecular weight excluding hydrogens is 355 g/mol. The van der Waals surface area contributed by atoms with Gasteiger partial charge >= 0.3 is 11.7 Å². The molecule has 142 valence electrons. The van der Waals surface area contributed by atoms with E-state index in [9.17, 15) is 19.5 Å². The van der Waals surface area contributed by atoms with Crippen LogP contribution in [0.15, 0.2) is 58.3 Å². The molecule has 2 N–H and O–H groups in total. The number of carbonyl (C=O) groups excluding carboxylic acids is 1. The minimum Gasteiger partial charge on any atom is -0.455 e. The van der Waals surface area contributed by atoms with E-state index in [0.717, 1.165) is 4.57 Å². The van der Waals surface area contributed by atoms with Crippen LogP contribution < -0.4 is 11.2 Å². The van der Waals surface area contributed by atoms with Crippen LogP contribution >= 0.6 is 0 Å². The fourth-order valence-electron chi connectivity index (χ4n) is 3.04. The standard InChI is InChI=1S/C19H19FN2O5/c1-11-9-22(19(26)21-17(11)24)14-8-7-13(10-23)16(15(14)20)27-18(25)12-5-3-2-4-6-12/h2-9,13-16,23H,10H2,1H3,(H,21,24,26)/t13?,14?,15-,16+/m0/s1. The number of alkyl halides is 1. The van der Waals surface area contributed by atoms with Gasteiger partial charge < -0.3 is 9.84 Å². The van der Waals surface area contributed by atoms with E-state index in [-0.39, 0.29) is 11.1 Å². The second kappa shape index (κ2) is 7.71. The van der Waals surface area contributed by atoms with Crippen molar-refractivity contribution in [3.63, 3.8) is 0 Å². The summed E-state index contributed by atoms with van der Waals surface area (Å²) in [6, 6.07) is 7.03. The van der Waals surface area contributed by atoms with E-state index in [0.29, 0.717) is 0 Å². The van der Waals surface area contributed by atoms with Gasteiger partial charge in [0.15, 0.2) is 6.17 Å². The Hall–Kier alpha value is -3.00. The van der Waals surface area contributed by atoms with Crippen LogP contribution in [0.1, 0.15) is 22.0 Å². The quantitative estimate of drug-likeness (QED) is 0.617. The Morgan fingerprint density at radius 3 is 2.63 bits per heavy atom. The lowest BCUT2D eigenvalue weighted by Crippen LogP contribution is -2.46. The SMILES string of the molecule is Cc1cn(C2C=CC(CO)[C@@H](OC(=O)c3ccccc3)[C@H]2F)c(=O)[nH]c1=O. The van der Waals surface area contributed by atoms with E-state index >= 15 is 4.39 Å². The second-order valence-corrected chi connectivity index (χ2v) is 6.38. The van der Waals surface area contributed by atoms with Gasteiger partial charge in [0.05, 0.1) is 18.2 Å². The Kier molecular flexibility index (Phi) is 5.36. The van der Waals surface area contributed by atoms with Gasteiger partial charge in [-0.1, -0.05) is 30.4 Å². The minimum atomic E-state index is -1.79. The molecule has 1 heterocycles. The van der Waals surface area contributed by atoms with Crippen LogP contribution in [0.5, 0.6) is 0 Å². The molecule has 1 aromatic heterocycles. The first-order valence-corrected chi connectivity index (χ1v) is 8.43. The Bertz CT molecular complexity index is 966. The molecular formula is C19H19FN2O5. The van der Waals surface area contributed by atoms with Crippen molar-refractivity contribution in [1.82, 2.24) is 9.55 Å². The Balaban J connectivity index is 1.92. The number of carbonyl (C=O) groups is 1. The second-order valence-electron chi connectivity index (χ2n) is 6.38. The van der Waals surface area contributed by atoms with Crippen molar-refractivity contribution in [2.75, 3.05) is 6.61 Å². The van der Waals surface area contributed by atoms with Crippen LogP contribution in [-0.2, 0) is 4.74 Å². The van der Waals surface area contributed by atoms with Gasteiger partial charge in [-0.05, 0) is 19.1 Å². The zero-order valence-corrected chi connectivity index (χ0v) is 14.5. The number of nitrogens with one attached hydrogen (secondary N) is 1. The Morgan fingerprint density at radius 2 is 1.96 bits per heavy atom. The van der Waals surface area contributed by atoms with E-state index in [1.807, 2.05) is 0 Å². The topological polar surface area (TPSA) is 101 Å². The Labute approximate surface area is 153 Å². The van der Waals surface area contributed by atoms with Crippen LogP contribution in [0, 0.1) is 12.8 Å². The number of esters is 1. The lowest BCUT2D eigenvalue weighted by atomic mass is 9.88. The molecule has 0 spiro atoms. The zero-order valence-electron chi connectivity index (χ0n) is 14.5. The maximum absolute atomic E-state index is 15.2. The van der Waals surface area contributed by atoms with Crippen molar-refractivity contribution >= 4 is 5.97 Å². The highest BCUT2D eigenvalue weighted by atomic mass is 19.1. The lowest BCUT2D eigenvalue weighted by molar-refractivity contribution is -0.0314. The number of allylic oxidation sites excluding steroid dienone is 1. The van der Waals surface area contributed by atoms with Crippen LogP contribution in [0.4, 0.5) is 4.39 Å². The molecule has 1 aromatic carbocycles. The number of H-pyrrole nitrogens is 1. The fourth-order valence-corrected chi connectivity index (χ4v) is 3.04. The van der Waals surface area contributed by atoms with E-state index < -0.39 is 48.1 Å². The van der Waals surface area contributed by atoms with Gasteiger partial charge in [-0.15, -0.1) is 0 Å². The summed E-state index contributed by atoms with van der Waals surface area (Å²) < 4.78 is 21.6. The molecule has 0 amide bonds. The Morgan fingerprint density at radius 1 is 1.26 bits per heavy atom. The van der Waals surface area contributed by atoms with E-state index in [1.165, 1.54) is 37.4 Å². The van der Waals surface area contributed by atoms with E-state index in [2.05, 4.69) is 4.98 Å². The number of hydrogen-bond acceptors (Lipinski definition) is 5. The van der Waals surface area contributed by atoms with Crippen LogP contribution in [0.2, 0.25) is 0 Å². The average molecular weight is 374 g/mol. The summed E-state index contributed by atoms with van der Waals surface area (Å²) >= 11 is 0. The third kappa shape index (κ3) is 3.75. The fraction of sp³-hybridized carbons (Fsp3) is 0.316. The molecule has 0 fully saturated rings. The van der Waals surface area contributed by atoms with Crippen molar-refractivity contribution in [3.05, 3.63) is 80.6 Å². The molecule has 3 rings (SSSR count).